The Labute approximate surface area is 349 Å². The molecule has 59 heavy (non-hydrogen) atoms. The van der Waals surface area contributed by atoms with E-state index in [1.165, 1.54) is 40.6 Å². The number of hydrogen-bond acceptors (Lipinski definition) is 17. The molecule has 7 unspecified atom stereocenters. The first-order valence-electron chi connectivity index (χ1n) is 20.2. The molecule has 0 saturated carbocycles. The third kappa shape index (κ3) is 15.2. The van der Waals surface area contributed by atoms with Gasteiger partial charge < -0.3 is 73.3 Å². The molecule has 2 aliphatic rings. The number of allylic oxidation sites excluding steroid dienone is 1. The van der Waals surface area contributed by atoms with Crippen molar-refractivity contribution >= 4 is 17.7 Å². The molecule has 0 spiro atoms. The number of aliphatic hydroxyl groups excluding tert-OH is 4. The summed E-state index contributed by atoms with van der Waals surface area (Å²) in [7, 11) is 9.19. The van der Waals surface area contributed by atoms with Crippen molar-refractivity contribution < 1.29 is 77.4 Å². The van der Waals surface area contributed by atoms with E-state index in [2.05, 4.69) is 11.9 Å². The van der Waals surface area contributed by atoms with Crippen LogP contribution in [0.2, 0.25) is 0 Å². The predicted molar refractivity (Wildman–Crippen MR) is 214 cm³/mol. The zero-order valence-corrected chi connectivity index (χ0v) is 36.6. The van der Waals surface area contributed by atoms with E-state index < -0.39 is 128 Å². The molecule has 18 nitrogen and oxygen atoms in total. The lowest BCUT2D eigenvalue weighted by atomic mass is 9.82. The third-order valence-corrected chi connectivity index (χ3v) is 11.0. The molecule has 0 aliphatic carbocycles. The summed E-state index contributed by atoms with van der Waals surface area (Å²) in [5.74, 6) is -4.20. The van der Waals surface area contributed by atoms with Crippen LogP contribution in [-0.4, -0.2) is 185 Å². The van der Waals surface area contributed by atoms with Crippen LogP contribution in [0.25, 0.3) is 0 Å². The van der Waals surface area contributed by atoms with Crippen molar-refractivity contribution in [2.45, 2.75) is 146 Å². The van der Waals surface area contributed by atoms with Crippen LogP contribution in [0.4, 0.5) is 0 Å². The second kappa shape index (κ2) is 26.1. The summed E-state index contributed by atoms with van der Waals surface area (Å²) in [4.78, 5) is 41.9. The Kier molecular flexibility index (Phi) is 23.3. The van der Waals surface area contributed by atoms with Crippen LogP contribution in [-0.2, 0) is 57.0 Å². The van der Waals surface area contributed by atoms with Gasteiger partial charge in [0.05, 0.1) is 43.7 Å². The maximum atomic E-state index is 14.1. The number of hydrogen-bond donors (Lipinski definition) is 5. The Bertz CT molecular complexity index is 1300. The molecule has 0 bridgehead atoms. The van der Waals surface area contributed by atoms with Gasteiger partial charge in [0.15, 0.2) is 18.9 Å². The van der Waals surface area contributed by atoms with Gasteiger partial charge in [0.25, 0.3) is 0 Å². The molecule has 342 valence electrons. The van der Waals surface area contributed by atoms with Gasteiger partial charge in [-0.2, -0.15) is 0 Å². The number of Topliss-reactive ketones (excluding diaryl/α,β-unsaturated/α-hetero) is 1. The molecule has 16 atom stereocenters. The lowest BCUT2D eigenvalue weighted by Crippen LogP contribution is -2.63. The molecular weight excluding hydrogens is 776 g/mol. The Morgan fingerprint density at radius 3 is 2.05 bits per heavy atom. The number of carbonyl (C=O) groups is 3. The number of ether oxygens (including phenoxy) is 9. The number of carbonyl (C=O) groups excluding carboxylic acids is 3. The van der Waals surface area contributed by atoms with Crippen molar-refractivity contribution in [1.82, 2.24) is 10.2 Å². The van der Waals surface area contributed by atoms with Gasteiger partial charge in [0, 0.05) is 52.7 Å². The summed E-state index contributed by atoms with van der Waals surface area (Å²) >= 11 is 0. The van der Waals surface area contributed by atoms with Gasteiger partial charge in [-0.1, -0.05) is 26.0 Å². The minimum atomic E-state index is -1.35. The number of nitrogens with one attached hydrogen (secondary N) is 1. The predicted octanol–water partition coefficient (Wildman–Crippen LogP) is 0.709. The summed E-state index contributed by atoms with van der Waals surface area (Å²) in [5.41, 5.74) is 0. The van der Waals surface area contributed by atoms with Crippen LogP contribution in [0, 0.1) is 17.8 Å². The van der Waals surface area contributed by atoms with E-state index in [4.69, 9.17) is 42.6 Å². The Morgan fingerprint density at radius 1 is 0.898 bits per heavy atom. The molecule has 2 heterocycles. The average molecular weight is 849 g/mol. The molecule has 5 N–H and O–H groups in total. The fraction of sp³-hybridized carbons (Fsp3) is 0.829. The number of rotatable bonds is 26. The number of amides is 1. The van der Waals surface area contributed by atoms with Crippen molar-refractivity contribution in [1.29, 1.82) is 0 Å². The van der Waals surface area contributed by atoms with Crippen molar-refractivity contribution in [2.24, 2.45) is 17.8 Å². The zero-order chi connectivity index (χ0) is 44.6. The summed E-state index contributed by atoms with van der Waals surface area (Å²) < 4.78 is 52.0. The topological polar surface area (TPSA) is 230 Å². The standard InChI is InChI=1S/C41H72N2O16/c1-13-15-16-30(46)42-22(3)17-27(18-32(51-9)52-10)37(59-40-36(50)33(43(7)8)34(48)24(5)56-40)23(4)28(45)19-31(47)58-29(20-44)26(14-2)21-55-41-39(54-12)38(53-11)35(49)25(6)57-41/h14-16,22-27,29,32-41,44,48-50H,2,13,17-21H2,1,3-12H3,(H,42,46)/b16-15+/t22?,23?,24-,25-,26?,27?,29?,33-,34?,35+,36-,37?,38-,39-,40-,41-/m0/s1. The van der Waals surface area contributed by atoms with Crippen LogP contribution < -0.4 is 5.32 Å². The Morgan fingerprint density at radius 2 is 1.51 bits per heavy atom. The number of aliphatic hydroxyl groups is 4. The van der Waals surface area contributed by atoms with E-state index in [9.17, 15) is 34.8 Å². The highest BCUT2D eigenvalue weighted by molar-refractivity contribution is 5.97. The maximum Gasteiger partial charge on any atom is 0.313 e. The molecule has 2 fully saturated rings. The van der Waals surface area contributed by atoms with Crippen molar-refractivity contribution in [3.8, 4) is 0 Å². The second-order valence-electron chi connectivity index (χ2n) is 15.6. The van der Waals surface area contributed by atoms with E-state index in [-0.39, 0.29) is 25.4 Å². The SMILES string of the molecule is C=CC(CO[C@H]1O[C@@H](C)[C@@H](O)[C@H](OC)[C@@H]1OC)C(CO)OC(=O)CC(=O)C(C)C(O[C@@H]1O[C@@H](C)C(O)[C@H](N(C)C)[C@@H]1O)C(CC(C)NC(=O)/C=C/CC)CC(OC)OC. The van der Waals surface area contributed by atoms with E-state index in [1.807, 2.05) is 6.92 Å². The average Bonchev–Trinajstić information content (AvgIpc) is 3.19. The zero-order valence-electron chi connectivity index (χ0n) is 36.6. The lowest BCUT2D eigenvalue weighted by molar-refractivity contribution is -0.304. The highest BCUT2D eigenvalue weighted by Crippen LogP contribution is 2.34. The number of ketones is 1. The second-order valence-corrected chi connectivity index (χ2v) is 15.6. The molecule has 2 aliphatic heterocycles. The van der Waals surface area contributed by atoms with Crippen LogP contribution >= 0.6 is 0 Å². The number of likely N-dealkylation sites (N-methyl/N-ethyl adjacent to an activating group) is 1. The summed E-state index contributed by atoms with van der Waals surface area (Å²) in [6, 6.07) is -1.22. The van der Waals surface area contributed by atoms with Crippen molar-refractivity contribution in [3.63, 3.8) is 0 Å². The van der Waals surface area contributed by atoms with Gasteiger partial charge in [0.1, 0.15) is 42.7 Å². The third-order valence-electron chi connectivity index (χ3n) is 11.0. The van der Waals surface area contributed by atoms with E-state index in [1.54, 1.807) is 52.8 Å². The molecule has 0 radical (unpaired) electrons. The molecular formula is C41H72N2O16. The molecule has 0 aromatic rings. The molecule has 2 rings (SSSR count). The van der Waals surface area contributed by atoms with Crippen LogP contribution in [0.3, 0.4) is 0 Å². The van der Waals surface area contributed by atoms with Crippen molar-refractivity contribution in [2.75, 3.05) is 55.7 Å². The molecule has 0 aromatic carbocycles. The smallest absolute Gasteiger partial charge is 0.313 e. The molecule has 2 saturated heterocycles. The van der Waals surface area contributed by atoms with Crippen LogP contribution in [0.15, 0.2) is 24.8 Å². The Hall–Kier alpha value is -2.43. The van der Waals surface area contributed by atoms with Gasteiger partial charge in [0.2, 0.25) is 5.91 Å². The van der Waals surface area contributed by atoms with Crippen LogP contribution in [0.5, 0.6) is 0 Å². The fourth-order valence-corrected chi connectivity index (χ4v) is 7.59. The van der Waals surface area contributed by atoms with Crippen LogP contribution in [0.1, 0.15) is 60.3 Å². The van der Waals surface area contributed by atoms with E-state index in [0.717, 1.165) is 0 Å². The van der Waals surface area contributed by atoms with E-state index >= 15 is 0 Å². The van der Waals surface area contributed by atoms with Gasteiger partial charge in [-0.3, -0.25) is 14.4 Å². The monoisotopic (exact) mass is 848 g/mol. The minimum Gasteiger partial charge on any atom is -0.459 e. The number of esters is 1. The van der Waals surface area contributed by atoms with E-state index in [0.29, 0.717) is 6.42 Å². The first-order valence-corrected chi connectivity index (χ1v) is 20.2. The van der Waals surface area contributed by atoms with Gasteiger partial charge in [-0.25, -0.2) is 0 Å². The van der Waals surface area contributed by atoms with Gasteiger partial charge in [-0.05, 0) is 59.7 Å². The molecule has 0 aromatic heterocycles. The Balaban J connectivity index is 2.37. The van der Waals surface area contributed by atoms with Crippen molar-refractivity contribution in [3.05, 3.63) is 24.8 Å². The largest absolute Gasteiger partial charge is 0.459 e. The minimum absolute atomic E-state index is 0.137. The summed E-state index contributed by atoms with van der Waals surface area (Å²) in [6.07, 6.45) is -6.60. The first kappa shape index (κ1) is 52.7. The lowest BCUT2D eigenvalue weighted by Gasteiger charge is -2.46. The highest BCUT2D eigenvalue weighted by atomic mass is 16.7. The molecule has 1 amide bonds. The number of nitrogens with zero attached hydrogens (tertiary/aromatic N) is 1. The summed E-state index contributed by atoms with van der Waals surface area (Å²) in [5, 5.41) is 46.0. The fourth-order valence-electron chi connectivity index (χ4n) is 7.59. The summed E-state index contributed by atoms with van der Waals surface area (Å²) in [6.45, 7) is 11.6. The van der Waals surface area contributed by atoms with Gasteiger partial charge in [-0.15, -0.1) is 6.58 Å². The normalized spacial score (nSPS) is 30.7. The quantitative estimate of drug-likeness (QED) is 0.0265. The molecule has 18 heteroatoms. The number of methoxy groups -OCH3 is 4. The maximum absolute atomic E-state index is 14.1. The van der Waals surface area contributed by atoms with Gasteiger partial charge >= 0.3 is 5.97 Å². The first-order chi connectivity index (χ1) is 27.9. The highest BCUT2D eigenvalue weighted by Gasteiger charge is 2.48.